The average molecular weight is 302 g/mol. The molecular weight excluding hydrogens is 272 g/mol. The van der Waals surface area contributed by atoms with Gasteiger partial charge >= 0.3 is 0 Å². The maximum Gasteiger partial charge on any atom is 0.209 e. The zero-order chi connectivity index (χ0) is 14.4. The minimum Gasteiger partial charge on any atom is -0.314 e. The molecule has 0 spiro atoms. The highest BCUT2D eigenvalue weighted by molar-refractivity contribution is 7.89. The highest BCUT2D eigenvalue weighted by atomic mass is 32.2. The number of hydrogen-bond acceptors (Lipinski definition) is 3. The van der Waals surface area contributed by atoms with Crippen molar-refractivity contribution in [3.8, 4) is 0 Å². The van der Waals surface area contributed by atoms with E-state index in [0.717, 1.165) is 18.4 Å². The van der Waals surface area contributed by atoms with Gasteiger partial charge in [-0.1, -0.05) is 44.9 Å². The van der Waals surface area contributed by atoms with Gasteiger partial charge in [-0.15, -0.1) is 0 Å². The Hall–Kier alpha value is -0.130. The van der Waals surface area contributed by atoms with Crippen LogP contribution in [0.5, 0.6) is 0 Å². The van der Waals surface area contributed by atoms with Crippen molar-refractivity contribution in [1.29, 1.82) is 0 Å². The minimum atomic E-state index is -3.30. The summed E-state index contributed by atoms with van der Waals surface area (Å²) in [5, 5.41) is 8.66. The van der Waals surface area contributed by atoms with Gasteiger partial charge in [0.05, 0.1) is 5.75 Å². The highest BCUT2D eigenvalue weighted by Gasteiger charge is 2.31. The Morgan fingerprint density at radius 1 is 0.950 bits per heavy atom. The summed E-state index contributed by atoms with van der Waals surface area (Å²) in [6, 6.07) is 0.604. The van der Waals surface area contributed by atoms with Crippen molar-refractivity contribution in [3.63, 3.8) is 0 Å². The quantitative estimate of drug-likeness (QED) is 0.740. The lowest BCUT2D eigenvalue weighted by molar-refractivity contribution is 0.150. The first kappa shape index (κ1) is 16.2. The number of rotatable bonds is 6. The van der Waals surface area contributed by atoms with E-state index in [9.17, 15) is 8.42 Å². The number of hydrogen-bond donors (Lipinski definition) is 2. The lowest BCUT2D eigenvalue weighted by atomic mass is 9.71. The van der Waals surface area contributed by atoms with Crippen molar-refractivity contribution < 1.29 is 8.42 Å². The summed E-state index contributed by atoms with van der Waals surface area (Å²) >= 11 is 0. The topological polar surface area (TPSA) is 72.2 Å². The zero-order valence-corrected chi connectivity index (χ0v) is 13.3. The maximum atomic E-state index is 10.9. The lowest BCUT2D eigenvalue weighted by Crippen LogP contribution is -2.43. The molecule has 0 amide bonds. The molecule has 0 heterocycles. The van der Waals surface area contributed by atoms with Crippen LogP contribution in [0.2, 0.25) is 0 Å². The molecular formula is C15H30N2O2S. The standard InChI is InChI=1S/C15H30N2O2S/c16-20(18,19)12-6-11-17-15-10-5-4-9-14(15)13-7-2-1-3-8-13/h13-15,17H,1-12H2,(H2,16,18,19). The molecule has 3 N–H and O–H groups in total. The molecule has 2 unspecified atom stereocenters. The van der Waals surface area contributed by atoms with Crippen LogP contribution in [-0.4, -0.2) is 26.8 Å². The monoisotopic (exact) mass is 302 g/mol. The van der Waals surface area contributed by atoms with Gasteiger partial charge in [0.1, 0.15) is 0 Å². The Bertz CT molecular complexity index is 377. The zero-order valence-electron chi connectivity index (χ0n) is 12.5. The lowest BCUT2D eigenvalue weighted by Gasteiger charge is -2.39. The molecule has 4 nitrogen and oxygen atoms in total. The predicted octanol–water partition coefficient (Wildman–Crippen LogP) is 2.39. The van der Waals surface area contributed by atoms with E-state index in [0.29, 0.717) is 12.5 Å². The molecule has 0 aliphatic heterocycles. The van der Waals surface area contributed by atoms with E-state index in [1.807, 2.05) is 0 Å². The van der Waals surface area contributed by atoms with Gasteiger partial charge in [-0.25, -0.2) is 13.6 Å². The second kappa shape index (κ2) is 7.76. The van der Waals surface area contributed by atoms with Gasteiger partial charge in [-0.05, 0) is 37.6 Å². The molecule has 2 saturated carbocycles. The number of sulfonamides is 1. The summed E-state index contributed by atoms with van der Waals surface area (Å²) in [6.45, 7) is 0.782. The Balaban J connectivity index is 1.77. The first-order chi connectivity index (χ1) is 9.56. The molecule has 5 heteroatoms. The second-order valence-corrected chi connectivity index (χ2v) is 8.36. The van der Waals surface area contributed by atoms with Crippen LogP contribution in [0.1, 0.15) is 64.2 Å². The summed E-state index contributed by atoms with van der Waals surface area (Å²) in [7, 11) is -3.30. The van der Waals surface area contributed by atoms with Crippen LogP contribution >= 0.6 is 0 Å². The molecule has 118 valence electrons. The van der Waals surface area contributed by atoms with Gasteiger partial charge in [0, 0.05) is 6.04 Å². The van der Waals surface area contributed by atoms with Crippen molar-refractivity contribution >= 4 is 10.0 Å². The van der Waals surface area contributed by atoms with Crippen LogP contribution in [0.25, 0.3) is 0 Å². The van der Waals surface area contributed by atoms with Crippen LogP contribution in [0.3, 0.4) is 0 Å². The number of nitrogens with two attached hydrogens (primary N) is 1. The molecule has 0 aromatic carbocycles. The fourth-order valence-electron chi connectivity index (χ4n) is 4.10. The summed E-state index contributed by atoms with van der Waals surface area (Å²) in [5.41, 5.74) is 0. The second-order valence-electron chi connectivity index (χ2n) is 6.63. The molecule has 2 aliphatic rings. The van der Waals surface area contributed by atoms with Crippen LogP contribution in [0.15, 0.2) is 0 Å². The number of nitrogens with one attached hydrogen (secondary N) is 1. The first-order valence-corrected chi connectivity index (χ1v) is 10.0. The largest absolute Gasteiger partial charge is 0.314 e. The van der Waals surface area contributed by atoms with E-state index >= 15 is 0 Å². The van der Waals surface area contributed by atoms with Crippen LogP contribution < -0.4 is 10.5 Å². The number of primary sulfonamides is 1. The summed E-state index contributed by atoms with van der Waals surface area (Å²) in [6.07, 6.45) is 13.0. The van der Waals surface area contributed by atoms with Crippen molar-refractivity contribution in [2.75, 3.05) is 12.3 Å². The summed E-state index contributed by atoms with van der Waals surface area (Å²) < 4.78 is 21.9. The SMILES string of the molecule is NS(=O)(=O)CCCNC1CCCCC1C1CCCCC1. The van der Waals surface area contributed by atoms with E-state index in [2.05, 4.69) is 5.32 Å². The van der Waals surface area contributed by atoms with E-state index < -0.39 is 10.0 Å². The van der Waals surface area contributed by atoms with Crippen molar-refractivity contribution in [3.05, 3.63) is 0 Å². The Kier molecular flexibility index (Phi) is 6.30. The smallest absolute Gasteiger partial charge is 0.209 e. The Labute approximate surface area is 123 Å². The Morgan fingerprint density at radius 3 is 2.30 bits per heavy atom. The minimum absolute atomic E-state index is 0.0980. The van der Waals surface area contributed by atoms with Crippen molar-refractivity contribution in [2.45, 2.75) is 70.3 Å². The maximum absolute atomic E-state index is 10.9. The molecule has 0 radical (unpaired) electrons. The van der Waals surface area contributed by atoms with E-state index in [1.54, 1.807) is 0 Å². The van der Waals surface area contributed by atoms with Gasteiger partial charge < -0.3 is 5.32 Å². The molecule has 2 fully saturated rings. The fraction of sp³-hybridized carbons (Fsp3) is 1.00. The van der Waals surface area contributed by atoms with Gasteiger partial charge in [0.2, 0.25) is 10.0 Å². The van der Waals surface area contributed by atoms with Gasteiger partial charge in [-0.3, -0.25) is 0 Å². The molecule has 0 saturated heterocycles. The predicted molar refractivity (Wildman–Crippen MR) is 82.9 cm³/mol. The van der Waals surface area contributed by atoms with Crippen molar-refractivity contribution in [2.24, 2.45) is 17.0 Å². The molecule has 20 heavy (non-hydrogen) atoms. The third-order valence-electron chi connectivity index (χ3n) is 5.09. The average Bonchev–Trinajstić information content (AvgIpc) is 2.44. The third-order valence-corrected chi connectivity index (χ3v) is 5.94. The van der Waals surface area contributed by atoms with Crippen LogP contribution in [0.4, 0.5) is 0 Å². The molecule has 2 aliphatic carbocycles. The first-order valence-electron chi connectivity index (χ1n) is 8.30. The molecule has 2 atom stereocenters. The molecule has 2 rings (SSSR count). The molecule has 0 aromatic heterocycles. The van der Waals surface area contributed by atoms with Crippen molar-refractivity contribution in [1.82, 2.24) is 5.32 Å². The fourth-order valence-corrected chi connectivity index (χ4v) is 4.65. The molecule has 0 aromatic rings. The molecule has 0 bridgehead atoms. The van der Waals surface area contributed by atoms with Crippen LogP contribution in [0, 0.1) is 11.8 Å². The van der Waals surface area contributed by atoms with Gasteiger partial charge in [0.15, 0.2) is 0 Å². The van der Waals surface area contributed by atoms with E-state index in [-0.39, 0.29) is 5.75 Å². The Morgan fingerprint density at radius 2 is 1.60 bits per heavy atom. The third kappa shape index (κ3) is 5.34. The summed E-state index contributed by atoms with van der Waals surface area (Å²) in [4.78, 5) is 0. The highest BCUT2D eigenvalue weighted by Crippen LogP contribution is 2.38. The normalized spacial score (nSPS) is 29.4. The van der Waals surface area contributed by atoms with E-state index in [1.165, 1.54) is 57.8 Å². The van der Waals surface area contributed by atoms with E-state index in [4.69, 9.17) is 5.14 Å². The summed E-state index contributed by atoms with van der Waals surface area (Å²) in [5.74, 6) is 1.82. The van der Waals surface area contributed by atoms with Gasteiger partial charge in [0.25, 0.3) is 0 Å². The van der Waals surface area contributed by atoms with Gasteiger partial charge in [-0.2, -0.15) is 0 Å². The van der Waals surface area contributed by atoms with Crippen LogP contribution in [-0.2, 0) is 10.0 Å².